The van der Waals surface area contributed by atoms with E-state index in [1.165, 1.54) is 13.4 Å². The van der Waals surface area contributed by atoms with Crippen LogP contribution in [0.2, 0.25) is 0 Å². The molecule has 2 aromatic heterocycles. The Hall–Kier alpha value is -2.44. The highest BCUT2D eigenvalue weighted by Gasteiger charge is 2.10. The van der Waals surface area contributed by atoms with E-state index in [-0.39, 0.29) is 11.4 Å². The average molecular weight is 247 g/mol. The van der Waals surface area contributed by atoms with Crippen LogP contribution in [0, 0.1) is 0 Å². The molecule has 0 aliphatic carbocycles. The van der Waals surface area contributed by atoms with Crippen LogP contribution in [-0.2, 0) is 6.42 Å². The van der Waals surface area contributed by atoms with Gasteiger partial charge in [-0.1, -0.05) is 6.92 Å². The summed E-state index contributed by atoms with van der Waals surface area (Å²) in [7, 11) is 1.50. The molecule has 0 unspecified atom stereocenters. The Kier molecular flexibility index (Phi) is 3.22. The molecule has 0 spiro atoms. The van der Waals surface area contributed by atoms with Gasteiger partial charge in [-0.3, -0.25) is 4.79 Å². The van der Waals surface area contributed by atoms with Crippen molar-refractivity contribution in [2.75, 3.05) is 12.8 Å². The molecule has 2 aromatic rings. The van der Waals surface area contributed by atoms with E-state index < -0.39 is 0 Å². The molecule has 0 saturated heterocycles. The van der Waals surface area contributed by atoms with E-state index in [1.807, 2.05) is 6.92 Å². The highest BCUT2D eigenvalue weighted by Crippen LogP contribution is 2.16. The summed E-state index contributed by atoms with van der Waals surface area (Å²) in [6, 6.07) is 1.57. The molecule has 2 rings (SSSR count). The van der Waals surface area contributed by atoms with Crippen LogP contribution in [-0.4, -0.2) is 27.0 Å². The SMILES string of the molecule is CCc1c(N)nc(-c2cc(OC)ncn2)[nH]c1=O. The van der Waals surface area contributed by atoms with Gasteiger partial charge in [0, 0.05) is 6.07 Å². The number of H-pyrrole nitrogens is 1. The van der Waals surface area contributed by atoms with Gasteiger partial charge in [0.25, 0.3) is 5.56 Å². The molecule has 18 heavy (non-hydrogen) atoms. The topological polar surface area (TPSA) is 107 Å². The lowest BCUT2D eigenvalue weighted by Gasteiger charge is -2.05. The summed E-state index contributed by atoms with van der Waals surface area (Å²) in [5, 5.41) is 0. The lowest BCUT2D eigenvalue weighted by molar-refractivity contribution is 0.397. The van der Waals surface area contributed by atoms with Gasteiger partial charge in [0.1, 0.15) is 17.8 Å². The predicted molar refractivity (Wildman–Crippen MR) is 66.2 cm³/mol. The Balaban J connectivity index is 2.54. The first-order valence-electron chi connectivity index (χ1n) is 5.40. The maximum atomic E-state index is 11.8. The Morgan fingerprint density at radius 2 is 2.22 bits per heavy atom. The molecule has 94 valence electrons. The molecule has 3 N–H and O–H groups in total. The number of nitrogens with two attached hydrogens (primary N) is 1. The minimum atomic E-state index is -0.252. The summed E-state index contributed by atoms with van der Waals surface area (Å²) in [6.45, 7) is 1.84. The summed E-state index contributed by atoms with van der Waals surface area (Å²) in [6.07, 6.45) is 1.86. The lowest BCUT2D eigenvalue weighted by Crippen LogP contribution is -2.17. The lowest BCUT2D eigenvalue weighted by atomic mass is 10.2. The molecule has 2 heterocycles. The van der Waals surface area contributed by atoms with Crippen LogP contribution in [0.5, 0.6) is 5.88 Å². The highest BCUT2D eigenvalue weighted by molar-refractivity contribution is 5.53. The fourth-order valence-corrected chi connectivity index (χ4v) is 1.56. The van der Waals surface area contributed by atoms with Gasteiger partial charge in [0.2, 0.25) is 5.88 Å². The average Bonchev–Trinajstić information content (AvgIpc) is 2.38. The van der Waals surface area contributed by atoms with E-state index >= 15 is 0 Å². The van der Waals surface area contributed by atoms with Gasteiger partial charge < -0.3 is 15.5 Å². The quantitative estimate of drug-likeness (QED) is 0.812. The van der Waals surface area contributed by atoms with Crippen molar-refractivity contribution in [2.24, 2.45) is 0 Å². The van der Waals surface area contributed by atoms with Crippen LogP contribution in [0.1, 0.15) is 12.5 Å². The summed E-state index contributed by atoms with van der Waals surface area (Å²) in [4.78, 5) is 26.4. The van der Waals surface area contributed by atoms with Crippen molar-refractivity contribution in [3.63, 3.8) is 0 Å². The fourth-order valence-electron chi connectivity index (χ4n) is 1.56. The molecule has 0 saturated carbocycles. The van der Waals surface area contributed by atoms with E-state index in [0.29, 0.717) is 29.4 Å². The third-order valence-electron chi connectivity index (χ3n) is 2.49. The Bertz CT molecular complexity index is 623. The fraction of sp³-hybridized carbons (Fsp3) is 0.273. The molecule has 0 aliphatic heterocycles. The summed E-state index contributed by atoms with van der Waals surface area (Å²) < 4.78 is 4.98. The molecule has 0 bridgehead atoms. The van der Waals surface area contributed by atoms with E-state index in [2.05, 4.69) is 19.9 Å². The number of aromatic nitrogens is 4. The van der Waals surface area contributed by atoms with Crippen molar-refractivity contribution >= 4 is 5.82 Å². The van der Waals surface area contributed by atoms with Crippen LogP contribution >= 0.6 is 0 Å². The van der Waals surface area contributed by atoms with E-state index in [1.54, 1.807) is 6.07 Å². The van der Waals surface area contributed by atoms with Crippen molar-refractivity contribution in [3.05, 3.63) is 28.3 Å². The van der Waals surface area contributed by atoms with Crippen molar-refractivity contribution in [3.8, 4) is 17.4 Å². The molecule has 0 atom stereocenters. The van der Waals surface area contributed by atoms with Crippen molar-refractivity contribution in [1.29, 1.82) is 0 Å². The Labute approximate surface area is 103 Å². The zero-order valence-corrected chi connectivity index (χ0v) is 10.1. The first-order valence-corrected chi connectivity index (χ1v) is 5.40. The van der Waals surface area contributed by atoms with Gasteiger partial charge in [-0.2, -0.15) is 0 Å². The zero-order chi connectivity index (χ0) is 13.1. The largest absolute Gasteiger partial charge is 0.481 e. The van der Waals surface area contributed by atoms with Gasteiger partial charge >= 0.3 is 0 Å². The Morgan fingerprint density at radius 1 is 1.44 bits per heavy atom. The number of hydrogen-bond donors (Lipinski definition) is 2. The second kappa shape index (κ2) is 4.82. The van der Waals surface area contributed by atoms with E-state index in [9.17, 15) is 4.79 Å². The summed E-state index contributed by atoms with van der Waals surface area (Å²) >= 11 is 0. The predicted octanol–water partition coefficient (Wildman–Crippen LogP) is 0.380. The number of nitrogens with zero attached hydrogens (tertiary/aromatic N) is 3. The minimum Gasteiger partial charge on any atom is -0.481 e. The van der Waals surface area contributed by atoms with Gasteiger partial charge in [-0.15, -0.1) is 0 Å². The highest BCUT2D eigenvalue weighted by atomic mass is 16.5. The number of methoxy groups -OCH3 is 1. The number of nitrogen functional groups attached to an aromatic ring is 1. The first kappa shape index (κ1) is 12.0. The molecular weight excluding hydrogens is 234 g/mol. The third-order valence-corrected chi connectivity index (χ3v) is 2.49. The third kappa shape index (κ3) is 2.15. The van der Waals surface area contributed by atoms with Crippen molar-refractivity contribution < 1.29 is 4.74 Å². The van der Waals surface area contributed by atoms with Crippen molar-refractivity contribution in [1.82, 2.24) is 19.9 Å². The van der Waals surface area contributed by atoms with Crippen LogP contribution in [0.25, 0.3) is 11.5 Å². The van der Waals surface area contributed by atoms with Gasteiger partial charge in [0.15, 0.2) is 5.82 Å². The molecule has 0 radical (unpaired) electrons. The van der Waals surface area contributed by atoms with Crippen LogP contribution < -0.4 is 16.0 Å². The zero-order valence-electron chi connectivity index (χ0n) is 10.1. The normalized spacial score (nSPS) is 10.3. The number of hydrogen-bond acceptors (Lipinski definition) is 6. The standard InChI is InChI=1S/C11H13N5O2/c1-3-6-9(12)15-10(16-11(6)17)7-4-8(18-2)14-5-13-7/h4-5H,3H2,1-2H3,(H3,12,15,16,17). The number of anilines is 1. The van der Waals surface area contributed by atoms with Crippen LogP contribution in [0.4, 0.5) is 5.82 Å². The number of rotatable bonds is 3. The second-order valence-electron chi connectivity index (χ2n) is 3.58. The maximum absolute atomic E-state index is 11.8. The molecule has 0 amide bonds. The first-order chi connectivity index (χ1) is 8.65. The maximum Gasteiger partial charge on any atom is 0.256 e. The van der Waals surface area contributed by atoms with Crippen molar-refractivity contribution in [2.45, 2.75) is 13.3 Å². The molecule has 0 fully saturated rings. The number of aromatic amines is 1. The molecule has 0 aromatic carbocycles. The molecule has 0 aliphatic rings. The minimum absolute atomic E-state index is 0.217. The number of ether oxygens (including phenoxy) is 1. The van der Waals surface area contributed by atoms with Gasteiger partial charge in [-0.25, -0.2) is 15.0 Å². The van der Waals surface area contributed by atoms with E-state index in [4.69, 9.17) is 10.5 Å². The summed E-state index contributed by atoms with van der Waals surface area (Å²) in [5.41, 5.74) is 6.41. The van der Waals surface area contributed by atoms with E-state index in [0.717, 1.165) is 0 Å². The van der Waals surface area contributed by atoms with Crippen LogP contribution in [0.15, 0.2) is 17.2 Å². The van der Waals surface area contributed by atoms with Gasteiger partial charge in [-0.05, 0) is 6.42 Å². The smallest absolute Gasteiger partial charge is 0.256 e. The van der Waals surface area contributed by atoms with Gasteiger partial charge in [0.05, 0.1) is 12.7 Å². The number of nitrogens with one attached hydrogen (secondary N) is 1. The summed E-state index contributed by atoms with van der Waals surface area (Å²) in [5.74, 6) is 0.907. The second-order valence-corrected chi connectivity index (χ2v) is 3.58. The Morgan fingerprint density at radius 3 is 2.83 bits per heavy atom. The monoisotopic (exact) mass is 247 g/mol. The molecular formula is C11H13N5O2. The molecule has 7 nitrogen and oxygen atoms in total. The molecule has 7 heteroatoms. The van der Waals surface area contributed by atoms with Crippen LogP contribution in [0.3, 0.4) is 0 Å².